The van der Waals surface area contributed by atoms with Crippen molar-refractivity contribution in [2.45, 2.75) is 25.7 Å². The van der Waals surface area contributed by atoms with Crippen LogP contribution in [0.4, 0.5) is 0 Å². The molecule has 5 nitrogen and oxygen atoms in total. The smallest absolute Gasteiger partial charge is 0.257 e. The third kappa shape index (κ3) is 3.74. The molecule has 1 fully saturated rings. The van der Waals surface area contributed by atoms with Crippen molar-refractivity contribution in [3.8, 4) is 11.3 Å². The normalized spacial score (nSPS) is 17.1. The number of likely N-dealkylation sites (tertiary alicyclic amines) is 1. The third-order valence-corrected chi connectivity index (χ3v) is 5.31. The fourth-order valence-corrected chi connectivity index (χ4v) is 3.82. The number of aryl methyl sites for hydroxylation is 1. The van der Waals surface area contributed by atoms with Crippen molar-refractivity contribution in [1.29, 1.82) is 0 Å². The Hall–Kier alpha value is -2.66. The first kappa shape index (κ1) is 17.7. The molecule has 0 bridgehead atoms. The zero-order valence-corrected chi connectivity index (χ0v) is 15.9. The van der Waals surface area contributed by atoms with Crippen LogP contribution in [0.3, 0.4) is 0 Å². The van der Waals surface area contributed by atoms with E-state index in [-0.39, 0.29) is 11.8 Å². The molecular weight excluding hydrogens is 360 g/mol. The molecule has 1 unspecified atom stereocenters. The fraction of sp³-hybridized carbons (Fsp3) is 0.286. The number of rotatable bonds is 3. The van der Waals surface area contributed by atoms with E-state index in [1.54, 1.807) is 6.20 Å². The molecule has 0 saturated carbocycles. The minimum atomic E-state index is 0.0388. The third-order valence-electron chi connectivity index (χ3n) is 5.08. The first-order valence-corrected chi connectivity index (χ1v) is 9.52. The maximum absolute atomic E-state index is 12.8. The maximum Gasteiger partial charge on any atom is 0.257 e. The highest BCUT2D eigenvalue weighted by atomic mass is 35.5. The van der Waals surface area contributed by atoms with Crippen LogP contribution in [0.5, 0.6) is 0 Å². The molecule has 1 aromatic carbocycles. The van der Waals surface area contributed by atoms with Gasteiger partial charge < -0.3 is 4.90 Å². The Morgan fingerprint density at radius 1 is 1.26 bits per heavy atom. The monoisotopic (exact) mass is 380 g/mol. The van der Waals surface area contributed by atoms with Crippen molar-refractivity contribution in [1.82, 2.24) is 20.1 Å². The van der Waals surface area contributed by atoms with Gasteiger partial charge in [0.1, 0.15) is 0 Å². The molecule has 1 N–H and O–H groups in total. The molecule has 0 spiro atoms. The second-order valence-corrected chi connectivity index (χ2v) is 7.39. The summed E-state index contributed by atoms with van der Waals surface area (Å²) in [6.07, 6.45) is 3.61. The van der Waals surface area contributed by atoms with E-state index < -0.39 is 0 Å². The highest BCUT2D eigenvalue weighted by Gasteiger charge is 2.27. The lowest BCUT2D eigenvalue weighted by molar-refractivity contribution is 0.0705. The first-order chi connectivity index (χ1) is 13.1. The molecule has 1 amide bonds. The zero-order valence-electron chi connectivity index (χ0n) is 15.2. The van der Waals surface area contributed by atoms with E-state index in [1.165, 1.54) is 0 Å². The van der Waals surface area contributed by atoms with Crippen LogP contribution >= 0.6 is 11.6 Å². The number of hydrogen-bond donors (Lipinski definition) is 1. The number of amides is 1. The topological polar surface area (TPSA) is 61.9 Å². The number of hydrogen-bond acceptors (Lipinski definition) is 3. The number of nitrogens with one attached hydrogen (secondary N) is 1. The number of benzene rings is 1. The average molecular weight is 381 g/mol. The molecule has 1 saturated heterocycles. The van der Waals surface area contributed by atoms with Gasteiger partial charge in [-0.25, -0.2) is 0 Å². The quantitative estimate of drug-likeness (QED) is 0.730. The van der Waals surface area contributed by atoms with E-state index in [0.29, 0.717) is 17.1 Å². The van der Waals surface area contributed by atoms with Gasteiger partial charge >= 0.3 is 0 Å². The molecular formula is C21H21ClN4O. The van der Waals surface area contributed by atoms with E-state index in [9.17, 15) is 4.79 Å². The lowest BCUT2D eigenvalue weighted by atomic mass is 9.93. The Morgan fingerprint density at radius 2 is 2.11 bits per heavy atom. The Morgan fingerprint density at radius 3 is 2.89 bits per heavy atom. The first-order valence-electron chi connectivity index (χ1n) is 9.14. The summed E-state index contributed by atoms with van der Waals surface area (Å²) in [6, 6.07) is 13.8. The van der Waals surface area contributed by atoms with Crippen molar-refractivity contribution >= 4 is 17.5 Å². The molecule has 6 heteroatoms. The van der Waals surface area contributed by atoms with Crippen LogP contribution in [-0.2, 0) is 0 Å². The van der Waals surface area contributed by atoms with Crippen molar-refractivity contribution in [3.05, 3.63) is 70.6 Å². The van der Waals surface area contributed by atoms with Gasteiger partial charge in [-0.3, -0.25) is 14.9 Å². The van der Waals surface area contributed by atoms with E-state index in [1.807, 2.05) is 48.2 Å². The summed E-state index contributed by atoms with van der Waals surface area (Å²) in [6.45, 7) is 3.32. The number of nitrogens with zero attached hydrogens (tertiary/aromatic N) is 3. The Bertz CT molecular complexity index is 968. The highest BCUT2D eigenvalue weighted by Crippen LogP contribution is 2.29. The van der Waals surface area contributed by atoms with Crippen LogP contribution < -0.4 is 0 Å². The number of halogens is 1. The van der Waals surface area contributed by atoms with Gasteiger partial charge in [-0.1, -0.05) is 29.8 Å². The van der Waals surface area contributed by atoms with Crippen molar-refractivity contribution in [2.75, 3.05) is 13.1 Å². The van der Waals surface area contributed by atoms with Gasteiger partial charge in [-0.05, 0) is 44.0 Å². The molecule has 2 aromatic heterocycles. The predicted molar refractivity (Wildman–Crippen MR) is 106 cm³/mol. The van der Waals surface area contributed by atoms with Crippen molar-refractivity contribution in [3.63, 3.8) is 0 Å². The second-order valence-electron chi connectivity index (χ2n) is 6.96. The van der Waals surface area contributed by atoms with Gasteiger partial charge in [-0.2, -0.15) is 5.10 Å². The van der Waals surface area contributed by atoms with E-state index in [0.717, 1.165) is 42.0 Å². The molecule has 1 atom stereocenters. The number of carbonyl (C=O) groups is 1. The van der Waals surface area contributed by atoms with Crippen LogP contribution in [-0.4, -0.2) is 39.1 Å². The summed E-state index contributed by atoms with van der Waals surface area (Å²) in [7, 11) is 0. The zero-order chi connectivity index (χ0) is 18.8. The average Bonchev–Trinajstić information content (AvgIpc) is 3.13. The van der Waals surface area contributed by atoms with Gasteiger partial charge in [0.2, 0.25) is 0 Å². The molecule has 0 radical (unpaired) electrons. The number of aromatic nitrogens is 3. The molecule has 138 valence electrons. The minimum absolute atomic E-state index is 0.0388. The van der Waals surface area contributed by atoms with E-state index in [4.69, 9.17) is 16.6 Å². The second kappa shape index (κ2) is 7.53. The van der Waals surface area contributed by atoms with Crippen LogP contribution in [0.2, 0.25) is 5.02 Å². The lowest BCUT2D eigenvalue weighted by Gasteiger charge is -2.32. The Balaban J connectivity index is 1.56. The summed E-state index contributed by atoms with van der Waals surface area (Å²) in [4.78, 5) is 19.6. The molecule has 1 aliphatic rings. The number of H-pyrrole nitrogens is 1. The summed E-state index contributed by atoms with van der Waals surface area (Å²) >= 11 is 6.12. The van der Waals surface area contributed by atoms with E-state index >= 15 is 0 Å². The SMILES string of the molecule is Cc1[nH]ncc1C(=O)N1CCCC(c2cccc(-c3cccc(Cl)c3)n2)C1. The minimum Gasteiger partial charge on any atom is -0.338 e. The van der Waals surface area contributed by atoms with Gasteiger partial charge in [-0.15, -0.1) is 0 Å². The lowest BCUT2D eigenvalue weighted by Crippen LogP contribution is -2.39. The molecule has 3 aromatic rings. The molecule has 4 rings (SSSR count). The van der Waals surface area contributed by atoms with Crippen molar-refractivity contribution < 1.29 is 4.79 Å². The molecule has 3 heterocycles. The van der Waals surface area contributed by atoms with Crippen LogP contribution in [0.15, 0.2) is 48.7 Å². The van der Waals surface area contributed by atoms with Gasteiger partial charge in [0.05, 0.1) is 17.5 Å². The predicted octanol–water partition coefficient (Wildman–Crippen LogP) is 4.45. The van der Waals surface area contributed by atoms with Crippen molar-refractivity contribution in [2.24, 2.45) is 0 Å². The van der Waals surface area contributed by atoms with Crippen LogP contribution in [0.25, 0.3) is 11.3 Å². The summed E-state index contributed by atoms with van der Waals surface area (Å²) in [5, 5.41) is 7.51. The highest BCUT2D eigenvalue weighted by molar-refractivity contribution is 6.30. The van der Waals surface area contributed by atoms with E-state index in [2.05, 4.69) is 16.3 Å². The maximum atomic E-state index is 12.8. The Kier molecular flexibility index (Phi) is 4.94. The van der Waals surface area contributed by atoms with Crippen LogP contribution in [0.1, 0.15) is 40.5 Å². The fourth-order valence-electron chi connectivity index (χ4n) is 3.63. The molecule has 1 aliphatic heterocycles. The van der Waals surface area contributed by atoms with Crippen LogP contribution in [0, 0.1) is 6.92 Å². The number of pyridine rings is 1. The van der Waals surface area contributed by atoms with Gasteiger partial charge in [0.15, 0.2) is 0 Å². The molecule has 27 heavy (non-hydrogen) atoms. The number of piperidine rings is 1. The summed E-state index contributed by atoms with van der Waals surface area (Å²) in [5.74, 6) is 0.269. The number of aromatic amines is 1. The Labute approximate surface area is 163 Å². The molecule has 0 aliphatic carbocycles. The summed E-state index contributed by atoms with van der Waals surface area (Å²) < 4.78 is 0. The standard InChI is InChI=1S/C21H21ClN4O/c1-14-18(12-23-25-14)21(27)26-10-4-6-16(13-26)20-9-3-8-19(24-20)15-5-2-7-17(22)11-15/h2-3,5,7-9,11-12,16H,4,6,10,13H2,1H3,(H,23,25). The van der Waals surface area contributed by atoms with Gasteiger partial charge in [0, 0.05) is 41.0 Å². The number of carbonyl (C=O) groups excluding carboxylic acids is 1. The van der Waals surface area contributed by atoms with Gasteiger partial charge in [0.25, 0.3) is 5.91 Å². The summed E-state index contributed by atoms with van der Waals surface area (Å²) in [5.41, 5.74) is 4.39. The largest absolute Gasteiger partial charge is 0.338 e.